The summed E-state index contributed by atoms with van der Waals surface area (Å²) in [5, 5.41) is 9.90. The van der Waals surface area contributed by atoms with Crippen molar-refractivity contribution < 1.29 is 14.3 Å². The van der Waals surface area contributed by atoms with E-state index in [2.05, 4.69) is 14.5 Å². The van der Waals surface area contributed by atoms with Crippen molar-refractivity contribution in [3.8, 4) is 0 Å². The molecule has 1 N–H and O–H groups in total. The van der Waals surface area contributed by atoms with E-state index in [0.29, 0.717) is 42.6 Å². The fourth-order valence-corrected chi connectivity index (χ4v) is 5.22. The second-order valence-corrected chi connectivity index (χ2v) is 10.0. The molecule has 5 rings (SSSR count). The van der Waals surface area contributed by atoms with Crippen LogP contribution in [0, 0.1) is 12.7 Å². The highest BCUT2D eigenvalue weighted by Gasteiger charge is 2.30. The first kappa shape index (κ1) is 23.8. The molecule has 2 fully saturated rings. The molecule has 0 radical (unpaired) electrons. The van der Waals surface area contributed by atoms with E-state index < -0.39 is 11.9 Å². The maximum absolute atomic E-state index is 14.3. The van der Waals surface area contributed by atoms with Crippen LogP contribution in [0.5, 0.6) is 0 Å². The monoisotopic (exact) mass is 498 g/mol. The molecule has 35 heavy (non-hydrogen) atoms. The van der Waals surface area contributed by atoms with Gasteiger partial charge in [-0.25, -0.2) is 9.18 Å². The van der Waals surface area contributed by atoms with E-state index in [9.17, 15) is 19.1 Å². The molecule has 1 saturated heterocycles. The SMILES string of the molecule is Cc1cc(CN(Cc2cn(C3CC3)c3cc(Cl)c(F)cc3c2=O)[C@H]2CCCN(C(=O)O)C2)ccn1. The Labute approximate surface area is 207 Å². The molecule has 0 bridgehead atoms. The van der Waals surface area contributed by atoms with E-state index in [0.717, 1.165) is 36.9 Å². The number of carbonyl (C=O) groups is 1. The van der Waals surface area contributed by atoms with Crippen molar-refractivity contribution in [3.05, 3.63) is 74.5 Å². The van der Waals surface area contributed by atoms with Gasteiger partial charge in [0.05, 0.1) is 10.5 Å². The summed E-state index contributed by atoms with van der Waals surface area (Å²) in [6, 6.07) is 6.96. The third-order valence-corrected chi connectivity index (χ3v) is 7.28. The van der Waals surface area contributed by atoms with Gasteiger partial charge in [-0.15, -0.1) is 0 Å². The summed E-state index contributed by atoms with van der Waals surface area (Å²) in [5.41, 5.74) is 2.95. The number of piperidine rings is 1. The molecular formula is C26H28ClFN4O3. The standard InChI is InChI=1S/C26H28ClFN4O3/c1-16-9-17(6-7-29-16)12-31(20-3-2-8-30(15-20)26(34)35)13-18-14-32(19-4-5-19)24-11-22(27)23(28)10-21(24)25(18)33/h6-7,9-11,14,19-20H,2-5,8,12-13,15H2,1H3,(H,34,35)/t20-/m0/s1. The minimum Gasteiger partial charge on any atom is -0.465 e. The number of aromatic nitrogens is 2. The summed E-state index contributed by atoms with van der Waals surface area (Å²) in [6.07, 6.45) is 6.32. The third kappa shape index (κ3) is 5.04. The average molecular weight is 499 g/mol. The van der Waals surface area contributed by atoms with Gasteiger partial charge in [-0.1, -0.05) is 11.6 Å². The summed E-state index contributed by atoms with van der Waals surface area (Å²) < 4.78 is 16.4. The molecule has 0 spiro atoms. The Morgan fingerprint density at radius 3 is 2.77 bits per heavy atom. The van der Waals surface area contributed by atoms with Gasteiger partial charge in [-0.3, -0.25) is 14.7 Å². The van der Waals surface area contributed by atoms with E-state index in [1.165, 1.54) is 11.0 Å². The van der Waals surface area contributed by atoms with Gasteiger partial charge in [0.25, 0.3) is 0 Å². The van der Waals surface area contributed by atoms with Gasteiger partial charge in [0, 0.05) is 67.3 Å². The Balaban J connectivity index is 1.55. The highest BCUT2D eigenvalue weighted by Crippen LogP contribution is 2.38. The van der Waals surface area contributed by atoms with Gasteiger partial charge in [-0.2, -0.15) is 0 Å². The van der Waals surface area contributed by atoms with Crippen molar-refractivity contribution in [2.45, 2.75) is 57.8 Å². The molecular weight excluding hydrogens is 471 g/mol. The summed E-state index contributed by atoms with van der Waals surface area (Å²) in [7, 11) is 0. The lowest BCUT2D eigenvalue weighted by Gasteiger charge is -2.38. The molecule has 7 nitrogen and oxygen atoms in total. The van der Waals surface area contributed by atoms with Crippen molar-refractivity contribution in [1.29, 1.82) is 0 Å². The first-order valence-corrected chi connectivity index (χ1v) is 12.3. The van der Waals surface area contributed by atoms with Crippen molar-refractivity contribution >= 4 is 28.6 Å². The highest BCUT2D eigenvalue weighted by atomic mass is 35.5. The largest absolute Gasteiger partial charge is 0.465 e. The number of hydrogen-bond donors (Lipinski definition) is 1. The van der Waals surface area contributed by atoms with Gasteiger partial charge in [-0.05, 0) is 62.4 Å². The number of nitrogens with zero attached hydrogens (tertiary/aromatic N) is 4. The van der Waals surface area contributed by atoms with Crippen molar-refractivity contribution in [1.82, 2.24) is 19.4 Å². The molecule has 3 aromatic rings. The number of hydrogen-bond acceptors (Lipinski definition) is 4. The first-order chi connectivity index (χ1) is 16.8. The van der Waals surface area contributed by atoms with E-state index in [1.807, 2.05) is 25.3 Å². The summed E-state index contributed by atoms with van der Waals surface area (Å²) in [5.74, 6) is -0.607. The molecule has 1 atom stereocenters. The second kappa shape index (κ2) is 9.59. The van der Waals surface area contributed by atoms with Gasteiger partial charge in [0.2, 0.25) is 0 Å². The maximum atomic E-state index is 14.3. The number of likely N-dealkylation sites (tertiary alicyclic amines) is 1. The molecule has 3 heterocycles. The van der Waals surface area contributed by atoms with Gasteiger partial charge < -0.3 is 14.6 Å². The van der Waals surface area contributed by atoms with Crippen LogP contribution in [0.2, 0.25) is 5.02 Å². The molecule has 184 valence electrons. The zero-order chi connectivity index (χ0) is 24.7. The maximum Gasteiger partial charge on any atom is 0.407 e. The Morgan fingerprint density at radius 2 is 2.06 bits per heavy atom. The molecule has 2 aromatic heterocycles. The molecule has 1 aromatic carbocycles. The summed E-state index contributed by atoms with van der Waals surface area (Å²) in [4.78, 5) is 33.1. The Bertz CT molecular complexity index is 1340. The van der Waals surface area contributed by atoms with Crippen LogP contribution in [-0.4, -0.2) is 49.7 Å². The minimum atomic E-state index is -0.927. The molecule has 1 saturated carbocycles. The van der Waals surface area contributed by atoms with E-state index in [1.54, 1.807) is 12.3 Å². The van der Waals surface area contributed by atoms with Gasteiger partial charge in [0.15, 0.2) is 5.43 Å². The Kier molecular flexibility index (Phi) is 6.51. The van der Waals surface area contributed by atoms with Crippen LogP contribution in [-0.2, 0) is 13.1 Å². The van der Waals surface area contributed by atoms with Crippen molar-refractivity contribution in [2.24, 2.45) is 0 Å². The number of fused-ring (bicyclic) bond motifs is 1. The first-order valence-electron chi connectivity index (χ1n) is 12.0. The quantitative estimate of drug-likeness (QED) is 0.518. The molecule has 1 aliphatic heterocycles. The van der Waals surface area contributed by atoms with Crippen LogP contribution in [0.15, 0.2) is 41.5 Å². The smallest absolute Gasteiger partial charge is 0.407 e. The van der Waals surface area contributed by atoms with Crippen LogP contribution in [0.4, 0.5) is 9.18 Å². The van der Waals surface area contributed by atoms with Crippen LogP contribution < -0.4 is 5.43 Å². The zero-order valence-electron chi connectivity index (χ0n) is 19.6. The van der Waals surface area contributed by atoms with Crippen LogP contribution in [0.25, 0.3) is 10.9 Å². The lowest BCUT2D eigenvalue weighted by atomic mass is 10.0. The highest BCUT2D eigenvalue weighted by molar-refractivity contribution is 6.31. The predicted molar refractivity (Wildman–Crippen MR) is 132 cm³/mol. The lowest BCUT2D eigenvalue weighted by Crippen LogP contribution is -2.49. The van der Waals surface area contributed by atoms with Gasteiger partial charge in [0.1, 0.15) is 5.82 Å². The summed E-state index contributed by atoms with van der Waals surface area (Å²) >= 11 is 6.05. The second-order valence-electron chi connectivity index (χ2n) is 9.64. The number of carboxylic acid groups (broad SMARTS) is 1. The molecule has 0 unspecified atom stereocenters. The predicted octanol–water partition coefficient (Wildman–Crippen LogP) is 4.98. The normalized spacial score (nSPS) is 18.4. The Morgan fingerprint density at radius 1 is 1.26 bits per heavy atom. The van der Waals surface area contributed by atoms with Crippen LogP contribution in [0.1, 0.15) is 48.5 Å². The number of amides is 1. The lowest BCUT2D eigenvalue weighted by molar-refractivity contribution is 0.0781. The summed E-state index contributed by atoms with van der Waals surface area (Å²) in [6.45, 7) is 3.72. The molecule has 1 aliphatic carbocycles. The molecule has 2 aliphatic rings. The van der Waals surface area contributed by atoms with E-state index in [-0.39, 0.29) is 22.5 Å². The third-order valence-electron chi connectivity index (χ3n) is 6.99. The number of aryl methyl sites for hydroxylation is 1. The topological polar surface area (TPSA) is 78.7 Å². The fraction of sp³-hybridized carbons (Fsp3) is 0.423. The number of benzene rings is 1. The fourth-order valence-electron chi connectivity index (χ4n) is 5.06. The van der Waals surface area contributed by atoms with E-state index >= 15 is 0 Å². The van der Waals surface area contributed by atoms with Crippen LogP contribution in [0.3, 0.4) is 0 Å². The minimum absolute atomic E-state index is 0.00435. The molecule has 1 amide bonds. The van der Waals surface area contributed by atoms with E-state index in [4.69, 9.17) is 11.6 Å². The van der Waals surface area contributed by atoms with Gasteiger partial charge >= 0.3 is 6.09 Å². The number of pyridine rings is 2. The number of halogens is 2. The Hall–Kier alpha value is -2.97. The molecule has 9 heteroatoms. The number of rotatable bonds is 6. The average Bonchev–Trinajstić information content (AvgIpc) is 3.67. The van der Waals surface area contributed by atoms with Crippen LogP contribution >= 0.6 is 11.6 Å². The van der Waals surface area contributed by atoms with Crippen molar-refractivity contribution in [3.63, 3.8) is 0 Å². The van der Waals surface area contributed by atoms with Crippen molar-refractivity contribution in [2.75, 3.05) is 13.1 Å². The zero-order valence-corrected chi connectivity index (χ0v) is 20.3.